The molecule has 0 radical (unpaired) electrons. The van der Waals surface area contributed by atoms with Crippen LogP contribution in [-0.2, 0) is 4.79 Å². The van der Waals surface area contributed by atoms with Gasteiger partial charge in [0.05, 0.1) is 6.04 Å². The Balaban J connectivity index is 1.97. The van der Waals surface area contributed by atoms with Gasteiger partial charge in [-0.1, -0.05) is 19.4 Å². The normalized spacial score (nSPS) is 34.3. The molecule has 0 aromatic carbocycles. The van der Waals surface area contributed by atoms with Gasteiger partial charge in [0, 0.05) is 31.8 Å². The second-order valence-corrected chi connectivity index (χ2v) is 7.06. The summed E-state index contributed by atoms with van der Waals surface area (Å²) in [6, 6.07) is 0.268. The van der Waals surface area contributed by atoms with Crippen molar-refractivity contribution in [2.45, 2.75) is 45.6 Å². The molecule has 3 heteroatoms. The molecule has 1 fully saturated rings. The van der Waals surface area contributed by atoms with Crippen LogP contribution in [-0.4, -0.2) is 30.9 Å². The molecule has 1 amide bonds. The fourth-order valence-corrected chi connectivity index (χ4v) is 4.22. The molecule has 1 saturated heterocycles. The van der Waals surface area contributed by atoms with E-state index in [1.807, 2.05) is 25.2 Å². The molecule has 2 atom stereocenters. The van der Waals surface area contributed by atoms with E-state index < -0.39 is 0 Å². The summed E-state index contributed by atoms with van der Waals surface area (Å²) in [4.78, 5) is 14.2. The highest BCUT2D eigenvalue weighted by molar-refractivity contribution is 5.97. The van der Waals surface area contributed by atoms with Gasteiger partial charge in [-0.25, -0.2) is 0 Å². The van der Waals surface area contributed by atoms with Crippen molar-refractivity contribution in [3.63, 3.8) is 0 Å². The Hall–Kier alpha value is -1.25. The molecule has 19 heavy (non-hydrogen) atoms. The molecule has 1 aliphatic heterocycles. The van der Waals surface area contributed by atoms with Crippen molar-refractivity contribution >= 4 is 5.91 Å². The summed E-state index contributed by atoms with van der Waals surface area (Å²) >= 11 is 0. The standard InChI is InChI=1S/C16H24N2O/c1-16(2)7-5-6-10-8-11-12(9-18(3)4)15(19)17-14(11)13(10)16/h9,11,14H,5-8H2,1-4H3,(H,17,19). The van der Waals surface area contributed by atoms with Crippen LogP contribution in [0, 0.1) is 11.3 Å². The summed E-state index contributed by atoms with van der Waals surface area (Å²) in [7, 11) is 3.97. The number of fused-ring (bicyclic) bond motifs is 2. The molecule has 3 rings (SSSR count). The Labute approximate surface area is 115 Å². The number of hydrogen-bond donors (Lipinski definition) is 1. The van der Waals surface area contributed by atoms with E-state index in [9.17, 15) is 4.79 Å². The number of hydrogen-bond acceptors (Lipinski definition) is 2. The van der Waals surface area contributed by atoms with E-state index in [1.54, 1.807) is 11.1 Å². The Morgan fingerprint density at radius 3 is 2.79 bits per heavy atom. The number of allylic oxidation sites excluding steroid dienone is 1. The van der Waals surface area contributed by atoms with Crippen LogP contribution in [0.5, 0.6) is 0 Å². The van der Waals surface area contributed by atoms with Gasteiger partial charge in [0.2, 0.25) is 5.91 Å². The lowest BCUT2D eigenvalue weighted by molar-refractivity contribution is -0.116. The first-order chi connectivity index (χ1) is 8.90. The van der Waals surface area contributed by atoms with Gasteiger partial charge in [0.1, 0.15) is 0 Å². The van der Waals surface area contributed by atoms with E-state index >= 15 is 0 Å². The lowest BCUT2D eigenvalue weighted by Crippen LogP contribution is -2.35. The summed E-state index contributed by atoms with van der Waals surface area (Å²) in [6.45, 7) is 4.67. The lowest BCUT2D eigenvalue weighted by Gasteiger charge is -2.35. The van der Waals surface area contributed by atoms with Crippen LogP contribution in [0.4, 0.5) is 0 Å². The third kappa shape index (κ3) is 1.90. The largest absolute Gasteiger partial charge is 0.383 e. The van der Waals surface area contributed by atoms with Crippen molar-refractivity contribution in [3.05, 3.63) is 22.9 Å². The Bertz CT molecular complexity index is 485. The Kier molecular flexibility index (Phi) is 2.77. The predicted octanol–water partition coefficient (Wildman–Crippen LogP) is 2.46. The zero-order chi connectivity index (χ0) is 13.8. The summed E-state index contributed by atoms with van der Waals surface area (Å²) in [5.41, 5.74) is 4.39. The van der Waals surface area contributed by atoms with Gasteiger partial charge < -0.3 is 10.2 Å². The highest BCUT2D eigenvalue weighted by Gasteiger charge is 2.49. The van der Waals surface area contributed by atoms with E-state index in [1.165, 1.54) is 19.3 Å². The van der Waals surface area contributed by atoms with Gasteiger partial charge in [0.25, 0.3) is 0 Å². The first-order valence-electron chi connectivity index (χ1n) is 7.31. The summed E-state index contributed by atoms with van der Waals surface area (Å²) < 4.78 is 0. The number of nitrogens with zero attached hydrogens (tertiary/aromatic N) is 1. The fourth-order valence-electron chi connectivity index (χ4n) is 4.22. The molecule has 3 nitrogen and oxygen atoms in total. The maximum absolute atomic E-state index is 12.2. The van der Waals surface area contributed by atoms with E-state index in [0.29, 0.717) is 5.92 Å². The monoisotopic (exact) mass is 260 g/mol. The van der Waals surface area contributed by atoms with E-state index in [4.69, 9.17) is 0 Å². The molecule has 0 aromatic heterocycles. The van der Waals surface area contributed by atoms with Crippen molar-refractivity contribution in [2.24, 2.45) is 11.3 Å². The highest BCUT2D eigenvalue weighted by Crippen LogP contribution is 2.52. The van der Waals surface area contributed by atoms with Crippen molar-refractivity contribution in [1.82, 2.24) is 10.2 Å². The molecule has 0 bridgehead atoms. The van der Waals surface area contributed by atoms with Crippen LogP contribution < -0.4 is 5.32 Å². The van der Waals surface area contributed by atoms with Crippen LogP contribution in [0.1, 0.15) is 39.5 Å². The second kappa shape index (κ2) is 4.12. The molecule has 2 unspecified atom stereocenters. The Morgan fingerprint density at radius 2 is 2.11 bits per heavy atom. The molecule has 0 aromatic rings. The van der Waals surface area contributed by atoms with Gasteiger partial charge in [-0.15, -0.1) is 0 Å². The molecule has 1 heterocycles. The molecule has 2 aliphatic carbocycles. The third-order valence-corrected chi connectivity index (χ3v) is 4.92. The van der Waals surface area contributed by atoms with Gasteiger partial charge in [-0.2, -0.15) is 0 Å². The summed E-state index contributed by atoms with van der Waals surface area (Å²) in [5.74, 6) is 0.508. The van der Waals surface area contributed by atoms with Crippen molar-refractivity contribution in [1.29, 1.82) is 0 Å². The third-order valence-electron chi connectivity index (χ3n) is 4.92. The minimum absolute atomic E-state index is 0.136. The minimum atomic E-state index is 0.136. The minimum Gasteiger partial charge on any atom is -0.383 e. The van der Waals surface area contributed by atoms with Crippen LogP contribution in [0.25, 0.3) is 0 Å². The average molecular weight is 260 g/mol. The number of carbonyl (C=O) groups is 1. The number of nitrogens with one attached hydrogen (secondary N) is 1. The number of rotatable bonds is 1. The molecule has 3 aliphatic rings. The maximum atomic E-state index is 12.2. The Morgan fingerprint density at radius 1 is 1.37 bits per heavy atom. The predicted molar refractivity (Wildman–Crippen MR) is 76.5 cm³/mol. The van der Waals surface area contributed by atoms with E-state index in [-0.39, 0.29) is 17.4 Å². The van der Waals surface area contributed by atoms with E-state index in [2.05, 4.69) is 19.2 Å². The SMILES string of the molecule is CN(C)C=C1C(=O)NC2C3=C(CCCC3(C)C)CC12. The zero-order valence-corrected chi connectivity index (χ0v) is 12.4. The molecule has 104 valence electrons. The quantitative estimate of drug-likeness (QED) is 0.580. The van der Waals surface area contributed by atoms with Gasteiger partial charge in [-0.3, -0.25) is 4.79 Å². The molecular weight excluding hydrogens is 236 g/mol. The smallest absolute Gasteiger partial charge is 0.249 e. The van der Waals surface area contributed by atoms with Crippen molar-refractivity contribution in [2.75, 3.05) is 14.1 Å². The topological polar surface area (TPSA) is 32.3 Å². The van der Waals surface area contributed by atoms with Crippen LogP contribution >= 0.6 is 0 Å². The summed E-state index contributed by atoms with van der Waals surface area (Å²) in [5, 5.41) is 3.23. The zero-order valence-electron chi connectivity index (χ0n) is 12.4. The second-order valence-electron chi connectivity index (χ2n) is 7.06. The molecule has 1 N–H and O–H groups in total. The molecule has 0 spiro atoms. The molecule has 0 saturated carbocycles. The van der Waals surface area contributed by atoms with Crippen LogP contribution in [0.3, 0.4) is 0 Å². The average Bonchev–Trinajstić information content (AvgIpc) is 2.76. The van der Waals surface area contributed by atoms with Gasteiger partial charge in [0.15, 0.2) is 0 Å². The first kappa shape index (κ1) is 12.8. The highest BCUT2D eigenvalue weighted by atomic mass is 16.2. The lowest BCUT2D eigenvalue weighted by atomic mass is 9.72. The van der Waals surface area contributed by atoms with E-state index in [0.717, 1.165) is 12.0 Å². The first-order valence-corrected chi connectivity index (χ1v) is 7.31. The van der Waals surface area contributed by atoms with Crippen LogP contribution in [0.15, 0.2) is 22.9 Å². The molecular formula is C16H24N2O. The van der Waals surface area contributed by atoms with Crippen LogP contribution in [0.2, 0.25) is 0 Å². The van der Waals surface area contributed by atoms with Crippen molar-refractivity contribution in [3.8, 4) is 0 Å². The van der Waals surface area contributed by atoms with Gasteiger partial charge >= 0.3 is 0 Å². The van der Waals surface area contributed by atoms with Gasteiger partial charge in [-0.05, 0) is 36.7 Å². The van der Waals surface area contributed by atoms with Crippen molar-refractivity contribution < 1.29 is 4.79 Å². The number of carbonyl (C=O) groups excluding carboxylic acids is 1. The fraction of sp³-hybridized carbons (Fsp3) is 0.688. The maximum Gasteiger partial charge on any atom is 0.249 e. The summed E-state index contributed by atoms with van der Waals surface area (Å²) in [6.07, 6.45) is 6.87. The number of amides is 1.